The average molecular weight is 340 g/mol. The first-order chi connectivity index (χ1) is 11.4. The Labute approximate surface area is 137 Å². The Morgan fingerprint density at radius 3 is 2.08 bits per heavy atom. The van der Waals surface area contributed by atoms with Crippen LogP contribution in [0, 0.1) is 11.6 Å². The van der Waals surface area contributed by atoms with Gasteiger partial charge in [0, 0.05) is 12.0 Å². The Morgan fingerprint density at radius 1 is 0.875 bits per heavy atom. The number of alkyl halides is 3. The van der Waals surface area contributed by atoms with Gasteiger partial charge in [0.2, 0.25) is 0 Å². The van der Waals surface area contributed by atoms with Crippen molar-refractivity contribution >= 4 is 0 Å². The van der Waals surface area contributed by atoms with E-state index in [0.29, 0.717) is 18.4 Å². The van der Waals surface area contributed by atoms with Crippen molar-refractivity contribution in [2.24, 2.45) is 0 Å². The summed E-state index contributed by atoms with van der Waals surface area (Å²) in [5.41, 5.74) is -0.182. The van der Waals surface area contributed by atoms with Gasteiger partial charge in [-0.3, -0.25) is 0 Å². The van der Waals surface area contributed by atoms with Gasteiger partial charge >= 0.3 is 6.18 Å². The van der Waals surface area contributed by atoms with Crippen molar-refractivity contribution in [3.05, 3.63) is 70.3 Å². The first-order valence-corrected chi connectivity index (χ1v) is 7.99. The molecule has 0 spiro atoms. The Balaban J connectivity index is 2.02. The van der Waals surface area contributed by atoms with E-state index in [1.807, 2.05) is 0 Å². The van der Waals surface area contributed by atoms with Gasteiger partial charge in [0.25, 0.3) is 0 Å². The van der Waals surface area contributed by atoms with Crippen molar-refractivity contribution in [2.75, 3.05) is 0 Å². The predicted molar refractivity (Wildman–Crippen MR) is 81.8 cm³/mol. The monoisotopic (exact) mass is 340 g/mol. The summed E-state index contributed by atoms with van der Waals surface area (Å²) < 4.78 is 67.7. The van der Waals surface area contributed by atoms with Crippen molar-refractivity contribution in [3.63, 3.8) is 0 Å². The summed E-state index contributed by atoms with van der Waals surface area (Å²) in [6, 6.07) is 7.73. The normalized spacial score (nSPS) is 15.9. The van der Waals surface area contributed by atoms with E-state index in [-0.39, 0.29) is 23.5 Å². The number of hydrogen-bond donors (Lipinski definition) is 0. The number of hydrogen-bond acceptors (Lipinski definition) is 0. The SMILES string of the molecule is Fc1ccc(Cc2ccc(C(F)(F)F)c(C3CCCC3)c2F)cc1. The molecular weight excluding hydrogens is 323 g/mol. The van der Waals surface area contributed by atoms with E-state index in [4.69, 9.17) is 0 Å². The fourth-order valence-electron chi connectivity index (χ4n) is 3.46. The van der Waals surface area contributed by atoms with Crippen molar-refractivity contribution in [3.8, 4) is 0 Å². The molecule has 2 aromatic rings. The van der Waals surface area contributed by atoms with E-state index in [2.05, 4.69) is 0 Å². The molecule has 0 N–H and O–H groups in total. The lowest BCUT2D eigenvalue weighted by atomic mass is 9.88. The molecule has 0 amide bonds. The fourth-order valence-corrected chi connectivity index (χ4v) is 3.46. The topological polar surface area (TPSA) is 0 Å². The van der Waals surface area contributed by atoms with Crippen LogP contribution in [0.15, 0.2) is 36.4 Å². The van der Waals surface area contributed by atoms with Gasteiger partial charge in [0.05, 0.1) is 5.56 Å². The van der Waals surface area contributed by atoms with Crippen molar-refractivity contribution in [2.45, 2.75) is 44.2 Å². The number of rotatable bonds is 3. The van der Waals surface area contributed by atoms with E-state index >= 15 is 0 Å². The van der Waals surface area contributed by atoms with Gasteiger partial charge in [-0.05, 0) is 48.1 Å². The molecule has 0 aromatic heterocycles. The summed E-state index contributed by atoms with van der Waals surface area (Å²) in [5, 5.41) is 0. The van der Waals surface area contributed by atoms with Crippen LogP contribution in [-0.4, -0.2) is 0 Å². The minimum Gasteiger partial charge on any atom is -0.207 e. The van der Waals surface area contributed by atoms with Crippen molar-refractivity contribution < 1.29 is 22.0 Å². The van der Waals surface area contributed by atoms with Gasteiger partial charge in [-0.1, -0.05) is 31.0 Å². The Bertz CT molecular complexity index is 710. The quantitative estimate of drug-likeness (QED) is 0.581. The molecule has 3 rings (SSSR count). The van der Waals surface area contributed by atoms with Crippen LogP contribution >= 0.6 is 0 Å². The Morgan fingerprint density at radius 2 is 1.50 bits per heavy atom. The fraction of sp³-hybridized carbons (Fsp3) is 0.368. The van der Waals surface area contributed by atoms with E-state index in [9.17, 15) is 22.0 Å². The van der Waals surface area contributed by atoms with Gasteiger partial charge in [-0.15, -0.1) is 0 Å². The molecule has 0 bridgehead atoms. The molecule has 24 heavy (non-hydrogen) atoms. The van der Waals surface area contributed by atoms with E-state index in [1.54, 1.807) is 0 Å². The summed E-state index contributed by atoms with van der Waals surface area (Å²) in [6.45, 7) is 0. The molecule has 1 aliphatic rings. The standard InChI is InChI=1S/C19H17F5/c20-15-8-5-12(6-9-15)11-14-7-10-16(19(22,23)24)17(18(14)21)13-3-1-2-4-13/h5-10,13H,1-4,11H2. The molecule has 1 fully saturated rings. The zero-order valence-corrected chi connectivity index (χ0v) is 13.0. The molecule has 5 heteroatoms. The lowest BCUT2D eigenvalue weighted by Gasteiger charge is -2.20. The second-order valence-electron chi connectivity index (χ2n) is 6.28. The van der Waals surface area contributed by atoms with Gasteiger partial charge < -0.3 is 0 Å². The second kappa shape index (κ2) is 6.54. The summed E-state index contributed by atoms with van der Waals surface area (Å²) in [7, 11) is 0. The maximum Gasteiger partial charge on any atom is 0.416 e. The third kappa shape index (κ3) is 3.45. The molecular formula is C19H17F5. The van der Waals surface area contributed by atoms with Crippen molar-refractivity contribution in [1.82, 2.24) is 0 Å². The summed E-state index contributed by atoms with van der Waals surface area (Å²) in [5.74, 6) is -1.55. The third-order valence-corrected chi connectivity index (χ3v) is 4.64. The highest BCUT2D eigenvalue weighted by atomic mass is 19.4. The first kappa shape index (κ1) is 16.9. The lowest BCUT2D eigenvalue weighted by molar-refractivity contribution is -0.138. The summed E-state index contributed by atoms with van der Waals surface area (Å²) in [4.78, 5) is 0. The zero-order valence-electron chi connectivity index (χ0n) is 13.0. The van der Waals surface area contributed by atoms with E-state index in [0.717, 1.165) is 18.9 Å². The van der Waals surface area contributed by atoms with Gasteiger partial charge in [0.1, 0.15) is 11.6 Å². The lowest BCUT2D eigenvalue weighted by Crippen LogP contribution is -2.14. The van der Waals surface area contributed by atoms with Crippen LogP contribution < -0.4 is 0 Å². The molecule has 128 valence electrons. The highest BCUT2D eigenvalue weighted by Gasteiger charge is 2.38. The van der Waals surface area contributed by atoms with Gasteiger partial charge in [-0.25, -0.2) is 8.78 Å². The van der Waals surface area contributed by atoms with Crippen LogP contribution in [0.1, 0.15) is 53.9 Å². The molecule has 0 nitrogen and oxygen atoms in total. The molecule has 0 unspecified atom stereocenters. The van der Waals surface area contributed by atoms with Crippen LogP contribution in [0.25, 0.3) is 0 Å². The van der Waals surface area contributed by atoms with Gasteiger partial charge in [-0.2, -0.15) is 13.2 Å². The van der Waals surface area contributed by atoms with Crippen LogP contribution in [0.5, 0.6) is 0 Å². The van der Waals surface area contributed by atoms with Gasteiger partial charge in [0.15, 0.2) is 0 Å². The molecule has 0 saturated heterocycles. The number of benzene rings is 2. The Hall–Kier alpha value is -1.91. The first-order valence-electron chi connectivity index (χ1n) is 7.99. The average Bonchev–Trinajstić information content (AvgIpc) is 3.04. The third-order valence-electron chi connectivity index (χ3n) is 4.64. The van der Waals surface area contributed by atoms with E-state index in [1.165, 1.54) is 30.3 Å². The minimum absolute atomic E-state index is 0.143. The molecule has 1 saturated carbocycles. The van der Waals surface area contributed by atoms with Crippen LogP contribution in [0.3, 0.4) is 0 Å². The largest absolute Gasteiger partial charge is 0.416 e. The predicted octanol–water partition coefficient (Wildman–Crippen LogP) is 6.23. The Kier molecular flexibility index (Phi) is 4.61. The highest BCUT2D eigenvalue weighted by molar-refractivity contribution is 5.40. The maximum absolute atomic E-state index is 14.9. The highest BCUT2D eigenvalue weighted by Crippen LogP contribution is 2.43. The molecule has 0 atom stereocenters. The molecule has 0 radical (unpaired) electrons. The number of halogens is 5. The van der Waals surface area contributed by atoms with Crippen LogP contribution in [0.4, 0.5) is 22.0 Å². The molecule has 0 aliphatic heterocycles. The van der Waals surface area contributed by atoms with Crippen LogP contribution in [-0.2, 0) is 12.6 Å². The molecule has 0 heterocycles. The summed E-state index contributed by atoms with van der Waals surface area (Å²) in [6.07, 6.45) is -1.61. The molecule has 2 aromatic carbocycles. The minimum atomic E-state index is -4.56. The van der Waals surface area contributed by atoms with Crippen LogP contribution in [0.2, 0.25) is 0 Å². The summed E-state index contributed by atoms with van der Waals surface area (Å²) >= 11 is 0. The van der Waals surface area contributed by atoms with Crippen molar-refractivity contribution in [1.29, 1.82) is 0 Å². The maximum atomic E-state index is 14.9. The van der Waals surface area contributed by atoms with E-state index < -0.39 is 23.4 Å². The molecule has 1 aliphatic carbocycles. The smallest absolute Gasteiger partial charge is 0.207 e. The zero-order chi connectivity index (χ0) is 17.3. The second-order valence-corrected chi connectivity index (χ2v) is 6.28.